The quantitative estimate of drug-likeness (QED) is 0.480. The van der Waals surface area contributed by atoms with Gasteiger partial charge in [-0.15, -0.1) is 0 Å². The molecule has 0 radical (unpaired) electrons. The number of carbonyl (C=O) groups is 2. The van der Waals surface area contributed by atoms with Gasteiger partial charge < -0.3 is 9.47 Å². The lowest BCUT2D eigenvalue weighted by Gasteiger charge is -2.05. The number of hydrogen-bond donors (Lipinski definition) is 0. The van der Waals surface area contributed by atoms with E-state index in [0.717, 1.165) is 16.7 Å². The maximum atomic E-state index is 12.5. The highest BCUT2D eigenvalue weighted by Gasteiger charge is 2.30. The molecule has 0 unspecified atom stereocenters. The predicted octanol–water partition coefficient (Wildman–Crippen LogP) is 3.84. The highest BCUT2D eigenvalue weighted by Crippen LogP contribution is 2.37. The molecule has 0 bridgehead atoms. The molecule has 2 aromatic rings. The molecule has 0 spiro atoms. The van der Waals surface area contributed by atoms with Gasteiger partial charge in [0.15, 0.2) is 5.76 Å². The number of allylic oxidation sites excluding steroid dienone is 1. The van der Waals surface area contributed by atoms with Crippen LogP contribution in [0.25, 0.3) is 6.08 Å². The first kappa shape index (κ1) is 15.0. The summed E-state index contributed by atoms with van der Waals surface area (Å²) in [5, 5.41) is 0. The number of aryl methyl sites for hydroxylation is 2. The molecule has 0 aliphatic carbocycles. The molecule has 2 aromatic carbocycles. The third kappa shape index (κ3) is 3.01. The summed E-state index contributed by atoms with van der Waals surface area (Å²) < 4.78 is 10.8. The first-order chi connectivity index (χ1) is 10.9. The molecule has 4 nitrogen and oxygen atoms in total. The number of ketones is 1. The van der Waals surface area contributed by atoms with Crippen LogP contribution in [0, 0.1) is 13.8 Å². The Morgan fingerprint density at radius 1 is 1.17 bits per heavy atom. The monoisotopic (exact) mass is 308 g/mol. The average Bonchev–Trinajstić information content (AvgIpc) is 2.75. The fourth-order valence-corrected chi connectivity index (χ4v) is 2.61. The molecule has 4 heteroatoms. The Bertz CT molecular complexity index is 846. The molecule has 0 fully saturated rings. The van der Waals surface area contributed by atoms with E-state index in [-0.39, 0.29) is 11.5 Å². The summed E-state index contributed by atoms with van der Waals surface area (Å²) in [4.78, 5) is 23.6. The number of rotatable bonds is 2. The van der Waals surface area contributed by atoms with Crippen molar-refractivity contribution in [3.05, 3.63) is 64.4 Å². The number of benzene rings is 2. The number of ether oxygens (including phenoxy) is 2. The van der Waals surface area contributed by atoms with E-state index in [4.69, 9.17) is 9.47 Å². The van der Waals surface area contributed by atoms with Crippen molar-refractivity contribution in [1.82, 2.24) is 0 Å². The van der Waals surface area contributed by atoms with Gasteiger partial charge in [-0.2, -0.15) is 0 Å². The molecule has 116 valence electrons. The molecule has 1 aliphatic heterocycles. The van der Waals surface area contributed by atoms with Crippen molar-refractivity contribution in [2.75, 3.05) is 0 Å². The second-order valence-corrected chi connectivity index (χ2v) is 5.56. The lowest BCUT2D eigenvalue weighted by Crippen LogP contribution is -2.02. The van der Waals surface area contributed by atoms with Crippen LogP contribution < -0.4 is 9.47 Å². The van der Waals surface area contributed by atoms with Gasteiger partial charge in [-0.1, -0.05) is 29.8 Å². The van der Waals surface area contributed by atoms with Crippen LogP contribution in [0.1, 0.15) is 34.0 Å². The van der Waals surface area contributed by atoms with Crippen molar-refractivity contribution >= 4 is 17.8 Å². The number of carbonyl (C=O) groups excluding carboxylic acids is 2. The average molecular weight is 308 g/mol. The van der Waals surface area contributed by atoms with E-state index in [2.05, 4.69) is 0 Å². The van der Waals surface area contributed by atoms with E-state index in [1.54, 1.807) is 25.1 Å². The van der Waals surface area contributed by atoms with E-state index < -0.39 is 5.97 Å². The van der Waals surface area contributed by atoms with Gasteiger partial charge in [0.1, 0.15) is 11.5 Å². The van der Waals surface area contributed by atoms with Crippen molar-refractivity contribution in [3.63, 3.8) is 0 Å². The zero-order valence-corrected chi connectivity index (χ0v) is 13.2. The van der Waals surface area contributed by atoms with Gasteiger partial charge in [0.25, 0.3) is 0 Å². The van der Waals surface area contributed by atoms with Crippen molar-refractivity contribution in [2.45, 2.75) is 20.8 Å². The van der Waals surface area contributed by atoms with E-state index >= 15 is 0 Å². The maximum absolute atomic E-state index is 12.5. The largest absolute Gasteiger partial charge is 0.452 e. The molecule has 0 aromatic heterocycles. The van der Waals surface area contributed by atoms with Crippen molar-refractivity contribution in [1.29, 1.82) is 0 Å². The molecule has 0 atom stereocenters. The number of hydrogen-bond acceptors (Lipinski definition) is 4. The van der Waals surface area contributed by atoms with Crippen LogP contribution in [-0.4, -0.2) is 11.8 Å². The Balaban J connectivity index is 1.98. The molecule has 1 heterocycles. The van der Waals surface area contributed by atoms with Crippen LogP contribution in [0.3, 0.4) is 0 Å². The molecular weight excluding hydrogens is 292 g/mol. The third-order valence-electron chi connectivity index (χ3n) is 3.55. The van der Waals surface area contributed by atoms with Crippen LogP contribution in [0.15, 0.2) is 42.2 Å². The Morgan fingerprint density at radius 2 is 1.96 bits per heavy atom. The van der Waals surface area contributed by atoms with E-state index in [1.165, 1.54) is 6.92 Å². The summed E-state index contributed by atoms with van der Waals surface area (Å²) in [5.74, 6) is 0.495. The highest BCUT2D eigenvalue weighted by atomic mass is 16.5. The maximum Gasteiger partial charge on any atom is 0.308 e. The minimum Gasteiger partial charge on any atom is -0.452 e. The molecular formula is C19H16O4. The molecule has 0 saturated heterocycles. The standard InChI is InChI=1S/C19H16O4/c1-11-5-4-6-14(7-11)9-17-19(21)18-12(2)8-15(22-13(3)20)10-16(18)23-17/h4-10H,1-3H3/b17-9-. The van der Waals surface area contributed by atoms with Crippen LogP contribution in [0.2, 0.25) is 0 Å². The van der Waals surface area contributed by atoms with Gasteiger partial charge >= 0.3 is 5.97 Å². The lowest BCUT2D eigenvalue weighted by molar-refractivity contribution is -0.131. The minimum atomic E-state index is -0.413. The van der Waals surface area contributed by atoms with Crippen LogP contribution >= 0.6 is 0 Å². The van der Waals surface area contributed by atoms with Gasteiger partial charge in [0, 0.05) is 13.0 Å². The van der Waals surface area contributed by atoms with Crippen LogP contribution in [-0.2, 0) is 4.79 Å². The third-order valence-corrected chi connectivity index (χ3v) is 3.55. The second kappa shape index (κ2) is 5.72. The summed E-state index contributed by atoms with van der Waals surface area (Å²) in [5.41, 5.74) is 3.24. The fraction of sp³-hybridized carbons (Fsp3) is 0.158. The predicted molar refractivity (Wildman–Crippen MR) is 86.6 cm³/mol. The Morgan fingerprint density at radius 3 is 2.65 bits per heavy atom. The van der Waals surface area contributed by atoms with Crippen molar-refractivity contribution < 1.29 is 19.1 Å². The Kier molecular flexibility index (Phi) is 3.74. The summed E-state index contributed by atoms with van der Waals surface area (Å²) >= 11 is 0. The smallest absolute Gasteiger partial charge is 0.308 e. The van der Waals surface area contributed by atoms with Gasteiger partial charge in [-0.25, -0.2) is 0 Å². The van der Waals surface area contributed by atoms with Gasteiger partial charge in [-0.3, -0.25) is 9.59 Å². The fourth-order valence-electron chi connectivity index (χ4n) is 2.61. The molecule has 23 heavy (non-hydrogen) atoms. The number of fused-ring (bicyclic) bond motifs is 1. The van der Waals surface area contributed by atoms with Crippen LogP contribution in [0.4, 0.5) is 0 Å². The lowest BCUT2D eigenvalue weighted by atomic mass is 10.0. The normalized spacial score (nSPS) is 14.6. The van der Waals surface area contributed by atoms with Gasteiger partial charge in [-0.05, 0) is 37.1 Å². The van der Waals surface area contributed by atoms with Crippen molar-refractivity contribution in [2.24, 2.45) is 0 Å². The van der Waals surface area contributed by atoms with Gasteiger partial charge in [0.05, 0.1) is 5.56 Å². The van der Waals surface area contributed by atoms with E-state index in [0.29, 0.717) is 17.1 Å². The molecule has 0 N–H and O–H groups in total. The summed E-state index contributed by atoms with van der Waals surface area (Å²) in [6.07, 6.45) is 1.72. The topological polar surface area (TPSA) is 52.6 Å². The SMILES string of the molecule is CC(=O)Oc1cc(C)c2c(c1)O/C(=C\c1cccc(C)c1)C2=O. The number of Topliss-reactive ketones (excluding diaryl/α,β-unsaturated/α-hetero) is 1. The zero-order valence-electron chi connectivity index (χ0n) is 13.2. The first-order valence-corrected chi connectivity index (χ1v) is 7.28. The van der Waals surface area contributed by atoms with E-state index in [1.807, 2.05) is 31.2 Å². The number of esters is 1. The Hall–Kier alpha value is -2.88. The summed E-state index contributed by atoms with van der Waals surface area (Å²) in [6, 6.07) is 11.0. The van der Waals surface area contributed by atoms with Gasteiger partial charge in [0.2, 0.25) is 5.78 Å². The summed E-state index contributed by atoms with van der Waals surface area (Å²) in [7, 11) is 0. The van der Waals surface area contributed by atoms with Crippen molar-refractivity contribution in [3.8, 4) is 11.5 Å². The van der Waals surface area contributed by atoms with Crippen LogP contribution in [0.5, 0.6) is 11.5 Å². The van der Waals surface area contributed by atoms with E-state index in [9.17, 15) is 9.59 Å². The zero-order chi connectivity index (χ0) is 16.6. The molecule has 1 aliphatic rings. The first-order valence-electron chi connectivity index (χ1n) is 7.28. The Labute approximate surface area is 134 Å². The second-order valence-electron chi connectivity index (χ2n) is 5.56. The highest BCUT2D eigenvalue weighted by molar-refractivity contribution is 6.15. The molecule has 0 amide bonds. The molecule has 0 saturated carbocycles. The summed E-state index contributed by atoms with van der Waals surface area (Å²) in [6.45, 7) is 5.12. The minimum absolute atomic E-state index is 0.159. The molecule has 3 rings (SSSR count).